The predicted octanol–water partition coefficient (Wildman–Crippen LogP) is 3.95. The number of hydrogen-bond acceptors (Lipinski definition) is 7. The molecule has 13 heteroatoms. The fourth-order valence-corrected chi connectivity index (χ4v) is 3.66. The van der Waals surface area contributed by atoms with Crippen LogP contribution in [0.25, 0.3) is 5.70 Å². The number of rotatable bonds is 8. The van der Waals surface area contributed by atoms with Crippen LogP contribution in [0, 0.1) is 6.92 Å². The molecule has 0 aliphatic carbocycles. The molecular formula is C23H23F3N6O4. The summed E-state index contributed by atoms with van der Waals surface area (Å²) < 4.78 is 49.5. The van der Waals surface area contributed by atoms with Gasteiger partial charge in [-0.1, -0.05) is 12.6 Å². The maximum absolute atomic E-state index is 12.9. The van der Waals surface area contributed by atoms with Crippen molar-refractivity contribution in [3.05, 3.63) is 60.3 Å². The Balaban J connectivity index is 1.77. The van der Waals surface area contributed by atoms with E-state index in [1.165, 1.54) is 29.0 Å². The normalized spacial score (nSPS) is 13.7. The van der Waals surface area contributed by atoms with E-state index in [2.05, 4.69) is 26.3 Å². The standard InChI is InChI=1S/C23H23F3N6O4/c1-14-19-20(30(3)22(34)31(14)8-5-9-33)29-21(32(19)13-16-11-27-15(2)28-12-16)35-17-6-4-7-18(10-17)36-23(24,25)26/h4,6-7,10-12,33H,1,5,8-9,13H2,2-3H3. The van der Waals surface area contributed by atoms with E-state index in [-0.39, 0.29) is 37.3 Å². The van der Waals surface area contributed by atoms with Crippen LogP contribution in [0.2, 0.25) is 0 Å². The number of aliphatic hydroxyl groups is 1. The van der Waals surface area contributed by atoms with E-state index in [4.69, 9.17) is 4.74 Å². The largest absolute Gasteiger partial charge is 0.573 e. The molecule has 4 rings (SSSR count). The summed E-state index contributed by atoms with van der Waals surface area (Å²) in [5, 5.41) is 9.25. The number of carbonyl (C=O) groups excluding carboxylic acids is 1. The molecule has 1 N–H and O–H groups in total. The lowest BCUT2D eigenvalue weighted by atomic mass is 10.2. The van der Waals surface area contributed by atoms with Crippen molar-refractivity contribution >= 4 is 17.5 Å². The molecule has 1 aliphatic heterocycles. The van der Waals surface area contributed by atoms with Crippen LogP contribution in [0.3, 0.4) is 0 Å². The van der Waals surface area contributed by atoms with Crippen molar-refractivity contribution in [1.82, 2.24) is 24.4 Å². The lowest BCUT2D eigenvalue weighted by Crippen LogP contribution is -2.45. The van der Waals surface area contributed by atoms with Gasteiger partial charge in [-0.2, -0.15) is 4.98 Å². The number of anilines is 1. The first kappa shape index (κ1) is 25.0. The van der Waals surface area contributed by atoms with Gasteiger partial charge in [0, 0.05) is 44.2 Å². The van der Waals surface area contributed by atoms with Gasteiger partial charge in [0.25, 0.3) is 0 Å². The molecule has 1 aromatic carbocycles. The molecule has 190 valence electrons. The van der Waals surface area contributed by atoms with Gasteiger partial charge in [0.05, 0.1) is 12.2 Å². The molecule has 2 amide bonds. The Labute approximate surface area is 204 Å². The Bertz CT molecular complexity index is 1280. The number of halogens is 3. The number of aromatic nitrogens is 4. The number of fused-ring (bicyclic) bond motifs is 1. The van der Waals surface area contributed by atoms with Crippen LogP contribution in [0.15, 0.2) is 43.2 Å². The number of imidazole rings is 1. The number of benzene rings is 1. The Kier molecular flexibility index (Phi) is 6.84. The van der Waals surface area contributed by atoms with E-state index in [0.29, 0.717) is 29.2 Å². The van der Waals surface area contributed by atoms with Gasteiger partial charge in [-0.3, -0.25) is 14.4 Å². The number of aliphatic hydroxyl groups excluding tert-OH is 1. The van der Waals surface area contributed by atoms with E-state index in [1.54, 1.807) is 23.9 Å². The SMILES string of the molecule is C=C1c2c(nc(Oc3cccc(OC(F)(F)F)c3)n2Cc2cnc(C)nc2)N(C)C(=O)N1CCCO. The highest BCUT2D eigenvalue weighted by molar-refractivity contribution is 6.02. The van der Waals surface area contributed by atoms with Gasteiger partial charge in [0.2, 0.25) is 0 Å². The molecule has 3 heterocycles. The zero-order valence-electron chi connectivity index (χ0n) is 19.5. The lowest BCUT2D eigenvalue weighted by molar-refractivity contribution is -0.274. The number of ether oxygens (including phenoxy) is 2. The average Bonchev–Trinajstić information content (AvgIpc) is 3.16. The summed E-state index contributed by atoms with van der Waals surface area (Å²) >= 11 is 0. The molecule has 2 aromatic heterocycles. The van der Waals surface area contributed by atoms with Crippen molar-refractivity contribution in [2.24, 2.45) is 0 Å². The van der Waals surface area contributed by atoms with Crippen molar-refractivity contribution < 1.29 is 32.5 Å². The molecule has 0 unspecified atom stereocenters. The number of carbonyl (C=O) groups is 1. The summed E-state index contributed by atoms with van der Waals surface area (Å²) in [6.07, 6.45) is -1.27. The Hall–Kier alpha value is -4.13. The summed E-state index contributed by atoms with van der Waals surface area (Å²) in [5.41, 5.74) is 1.49. The van der Waals surface area contributed by atoms with Crippen molar-refractivity contribution in [1.29, 1.82) is 0 Å². The van der Waals surface area contributed by atoms with E-state index in [0.717, 1.165) is 12.1 Å². The molecule has 3 aromatic rings. The Morgan fingerprint density at radius 2 is 1.86 bits per heavy atom. The zero-order chi connectivity index (χ0) is 26.0. The molecule has 10 nitrogen and oxygen atoms in total. The molecule has 0 bridgehead atoms. The fourth-order valence-electron chi connectivity index (χ4n) is 3.66. The quantitative estimate of drug-likeness (QED) is 0.495. The molecule has 1 aliphatic rings. The molecule has 0 saturated carbocycles. The van der Waals surface area contributed by atoms with Crippen molar-refractivity contribution in [2.45, 2.75) is 26.3 Å². The van der Waals surface area contributed by atoms with Gasteiger partial charge >= 0.3 is 18.4 Å². The number of aryl methyl sites for hydroxylation is 1. The van der Waals surface area contributed by atoms with E-state index >= 15 is 0 Å². The van der Waals surface area contributed by atoms with Crippen LogP contribution in [0.1, 0.15) is 23.5 Å². The summed E-state index contributed by atoms with van der Waals surface area (Å²) in [7, 11) is 1.54. The molecule has 0 radical (unpaired) electrons. The van der Waals surface area contributed by atoms with Gasteiger partial charge in [0.1, 0.15) is 23.0 Å². The second kappa shape index (κ2) is 9.85. The third-order valence-corrected chi connectivity index (χ3v) is 5.31. The first-order valence-corrected chi connectivity index (χ1v) is 10.8. The molecule has 0 atom stereocenters. The first-order valence-electron chi connectivity index (χ1n) is 10.8. The van der Waals surface area contributed by atoms with Crippen molar-refractivity contribution in [3.8, 4) is 17.5 Å². The fraction of sp³-hybridized carbons (Fsp3) is 0.304. The highest BCUT2D eigenvalue weighted by atomic mass is 19.4. The molecular weight excluding hydrogens is 481 g/mol. The van der Waals surface area contributed by atoms with Gasteiger partial charge in [0.15, 0.2) is 5.82 Å². The maximum Gasteiger partial charge on any atom is 0.573 e. The number of urea groups is 1. The minimum absolute atomic E-state index is 0.00884. The Morgan fingerprint density at radius 1 is 1.17 bits per heavy atom. The van der Waals surface area contributed by atoms with Crippen LogP contribution in [-0.4, -0.2) is 62.1 Å². The van der Waals surface area contributed by atoms with Crippen LogP contribution in [0.5, 0.6) is 17.5 Å². The third-order valence-electron chi connectivity index (χ3n) is 5.31. The van der Waals surface area contributed by atoms with Crippen LogP contribution in [-0.2, 0) is 6.54 Å². The highest BCUT2D eigenvalue weighted by Gasteiger charge is 2.37. The molecule has 0 saturated heterocycles. The maximum atomic E-state index is 12.9. The molecule has 0 spiro atoms. The van der Waals surface area contributed by atoms with E-state index in [1.807, 2.05) is 0 Å². The molecule has 36 heavy (non-hydrogen) atoms. The highest BCUT2D eigenvalue weighted by Crippen LogP contribution is 2.39. The molecule has 0 fully saturated rings. The summed E-state index contributed by atoms with van der Waals surface area (Å²) in [6, 6.07) is 4.65. The first-order chi connectivity index (χ1) is 17.1. The minimum atomic E-state index is -4.86. The van der Waals surface area contributed by atoms with Crippen LogP contribution < -0.4 is 14.4 Å². The monoisotopic (exact) mass is 504 g/mol. The number of hydrogen-bond donors (Lipinski definition) is 1. The second-order valence-electron chi connectivity index (χ2n) is 7.93. The van der Waals surface area contributed by atoms with Gasteiger partial charge in [-0.25, -0.2) is 14.8 Å². The van der Waals surface area contributed by atoms with Crippen molar-refractivity contribution in [2.75, 3.05) is 25.1 Å². The topological polar surface area (TPSA) is 106 Å². The smallest absolute Gasteiger partial charge is 0.425 e. The van der Waals surface area contributed by atoms with Crippen LogP contribution >= 0.6 is 0 Å². The van der Waals surface area contributed by atoms with Gasteiger partial charge in [-0.05, 0) is 25.5 Å². The Morgan fingerprint density at radius 3 is 2.53 bits per heavy atom. The van der Waals surface area contributed by atoms with Gasteiger partial charge < -0.3 is 14.6 Å². The van der Waals surface area contributed by atoms with Gasteiger partial charge in [-0.15, -0.1) is 13.2 Å². The number of amides is 2. The lowest BCUT2D eigenvalue weighted by Gasteiger charge is -2.34. The van der Waals surface area contributed by atoms with Crippen LogP contribution in [0.4, 0.5) is 23.8 Å². The third kappa shape index (κ3) is 5.25. The zero-order valence-corrected chi connectivity index (χ0v) is 19.5. The van der Waals surface area contributed by atoms with E-state index < -0.39 is 18.1 Å². The number of nitrogens with zero attached hydrogens (tertiary/aromatic N) is 6. The average molecular weight is 504 g/mol. The second-order valence-corrected chi connectivity index (χ2v) is 7.93. The summed E-state index contributed by atoms with van der Waals surface area (Å²) in [5.74, 6) is 0.421. The minimum Gasteiger partial charge on any atom is -0.425 e. The predicted molar refractivity (Wildman–Crippen MR) is 123 cm³/mol. The number of alkyl halides is 3. The van der Waals surface area contributed by atoms with E-state index in [9.17, 15) is 23.1 Å². The summed E-state index contributed by atoms with van der Waals surface area (Å²) in [4.78, 5) is 28.5. The van der Waals surface area contributed by atoms with Crippen molar-refractivity contribution in [3.63, 3.8) is 0 Å². The summed E-state index contributed by atoms with van der Waals surface area (Å²) in [6.45, 7) is 6.10.